The molecule has 4 aromatic rings. The SMILES string of the molecule is COC(=O)c1ccc(Nc2nc3ccc(N(C)c4ccc(C)cc4)nc3s2)nc1. The molecule has 3 heterocycles. The van der Waals surface area contributed by atoms with Gasteiger partial charge in [-0.15, -0.1) is 0 Å². The van der Waals surface area contributed by atoms with E-state index >= 15 is 0 Å². The van der Waals surface area contributed by atoms with E-state index in [-0.39, 0.29) is 0 Å². The minimum Gasteiger partial charge on any atom is -0.465 e. The van der Waals surface area contributed by atoms with Crippen molar-refractivity contribution in [2.24, 2.45) is 0 Å². The molecular formula is C21H19N5O2S. The molecule has 0 fully saturated rings. The monoisotopic (exact) mass is 405 g/mol. The molecule has 0 saturated heterocycles. The lowest BCUT2D eigenvalue weighted by Gasteiger charge is -2.18. The smallest absolute Gasteiger partial charge is 0.339 e. The van der Waals surface area contributed by atoms with Gasteiger partial charge in [-0.25, -0.2) is 19.7 Å². The van der Waals surface area contributed by atoms with Gasteiger partial charge in [0, 0.05) is 18.9 Å². The number of anilines is 4. The number of benzene rings is 1. The number of nitrogens with one attached hydrogen (secondary N) is 1. The fourth-order valence-electron chi connectivity index (χ4n) is 2.76. The zero-order valence-electron chi connectivity index (χ0n) is 16.2. The molecule has 0 spiro atoms. The highest BCUT2D eigenvalue weighted by atomic mass is 32.1. The predicted molar refractivity (Wildman–Crippen MR) is 116 cm³/mol. The van der Waals surface area contributed by atoms with Crippen molar-refractivity contribution in [3.05, 3.63) is 65.9 Å². The van der Waals surface area contributed by atoms with Crippen LogP contribution in [0.5, 0.6) is 0 Å². The zero-order chi connectivity index (χ0) is 20.4. The van der Waals surface area contributed by atoms with Crippen LogP contribution in [-0.2, 0) is 4.74 Å². The Morgan fingerprint density at radius 2 is 1.86 bits per heavy atom. The summed E-state index contributed by atoms with van der Waals surface area (Å²) < 4.78 is 4.68. The van der Waals surface area contributed by atoms with E-state index in [9.17, 15) is 4.79 Å². The summed E-state index contributed by atoms with van der Waals surface area (Å²) in [6.45, 7) is 2.07. The number of pyridine rings is 2. The number of aromatic nitrogens is 3. The van der Waals surface area contributed by atoms with Gasteiger partial charge in [0.2, 0.25) is 0 Å². The highest BCUT2D eigenvalue weighted by Crippen LogP contribution is 2.30. The molecule has 3 aromatic heterocycles. The molecule has 0 atom stereocenters. The highest BCUT2D eigenvalue weighted by molar-refractivity contribution is 7.21. The van der Waals surface area contributed by atoms with Crippen LogP contribution in [0, 0.1) is 6.92 Å². The summed E-state index contributed by atoms with van der Waals surface area (Å²) >= 11 is 1.44. The van der Waals surface area contributed by atoms with Gasteiger partial charge >= 0.3 is 5.97 Å². The molecule has 0 saturated carbocycles. The number of nitrogens with zero attached hydrogens (tertiary/aromatic N) is 4. The van der Waals surface area contributed by atoms with E-state index in [0.717, 1.165) is 21.9 Å². The summed E-state index contributed by atoms with van der Waals surface area (Å²) in [4.78, 5) is 27.9. The molecule has 29 heavy (non-hydrogen) atoms. The molecule has 4 rings (SSSR count). The summed E-state index contributed by atoms with van der Waals surface area (Å²) in [5.74, 6) is 1.02. The standard InChI is InChI=1S/C21H19N5O2S/c1-13-4-7-15(8-5-13)26(2)18-11-9-16-19(25-18)29-21(23-16)24-17-10-6-14(12-22-17)20(27)28-3/h4-12H,1-3H3,(H,22,23,24). The summed E-state index contributed by atoms with van der Waals surface area (Å²) in [5.41, 5.74) is 3.50. The van der Waals surface area contributed by atoms with Crippen LogP contribution < -0.4 is 10.2 Å². The maximum atomic E-state index is 11.5. The van der Waals surface area contributed by atoms with Crippen molar-refractivity contribution in [2.45, 2.75) is 6.92 Å². The average Bonchev–Trinajstić information content (AvgIpc) is 3.15. The maximum absolute atomic E-state index is 11.5. The van der Waals surface area contributed by atoms with Crippen LogP contribution in [-0.4, -0.2) is 35.1 Å². The number of aryl methyl sites for hydroxylation is 1. The molecule has 146 valence electrons. The number of rotatable bonds is 5. The topological polar surface area (TPSA) is 80.2 Å². The van der Waals surface area contributed by atoms with E-state index in [4.69, 9.17) is 4.98 Å². The Labute approximate surface area is 172 Å². The minimum absolute atomic E-state index is 0.396. The van der Waals surface area contributed by atoms with Gasteiger partial charge in [0.05, 0.1) is 12.7 Å². The van der Waals surface area contributed by atoms with Crippen molar-refractivity contribution in [1.82, 2.24) is 15.0 Å². The lowest BCUT2D eigenvalue weighted by Crippen LogP contribution is -2.10. The van der Waals surface area contributed by atoms with Gasteiger partial charge in [0.1, 0.15) is 22.0 Å². The van der Waals surface area contributed by atoms with Gasteiger partial charge in [0.25, 0.3) is 0 Å². The number of hydrogen-bond donors (Lipinski definition) is 1. The lowest BCUT2D eigenvalue weighted by atomic mass is 10.2. The quantitative estimate of drug-likeness (QED) is 0.482. The molecule has 1 N–H and O–H groups in total. The predicted octanol–water partition coefficient (Wildman–Crippen LogP) is 4.69. The Morgan fingerprint density at radius 3 is 2.55 bits per heavy atom. The first kappa shape index (κ1) is 18.8. The van der Waals surface area contributed by atoms with Crippen molar-refractivity contribution >= 4 is 50.1 Å². The third-order valence-corrected chi connectivity index (χ3v) is 5.31. The molecule has 0 amide bonds. The molecule has 0 radical (unpaired) electrons. The van der Waals surface area contributed by atoms with Crippen LogP contribution in [0.1, 0.15) is 15.9 Å². The molecule has 7 nitrogen and oxygen atoms in total. The Balaban J connectivity index is 1.55. The minimum atomic E-state index is -0.418. The van der Waals surface area contributed by atoms with E-state index in [1.807, 2.05) is 24.1 Å². The number of hydrogen-bond acceptors (Lipinski definition) is 8. The van der Waals surface area contributed by atoms with Crippen molar-refractivity contribution in [1.29, 1.82) is 0 Å². The van der Waals surface area contributed by atoms with Gasteiger partial charge in [0.15, 0.2) is 5.13 Å². The number of carbonyl (C=O) groups excluding carboxylic acids is 1. The molecule has 1 aromatic carbocycles. The van der Waals surface area contributed by atoms with Gasteiger partial charge in [-0.2, -0.15) is 0 Å². The average molecular weight is 405 g/mol. The van der Waals surface area contributed by atoms with Crippen LogP contribution in [0.3, 0.4) is 0 Å². The summed E-state index contributed by atoms with van der Waals surface area (Å²) in [6.07, 6.45) is 1.47. The molecule has 8 heteroatoms. The molecule has 0 aliphatic rings. The normalized spacial score (nSPS) is 10.7. The fraction of sp³-hybridized carbons (Fsp3) is 0.143. The first-order chi connectivity index (χ1) is 14.0. The van der Waals surface area contributed by atoms with E-state index in [0.29, 0.717) is 16.5 Å². The molecule has 0 unspecified atom stereocenters. The summed E-state index contributed by atoms with van der Waals surface area (Å²) in [6, 6.07) is 15.6. The molecule has 0 aliphatic heterocycles. The van der Waals surface area contributed by atoms with Gasteiger partial charge in [-0.1, -0.05) is 29.0 Å². The van der Waals surface area contributed by atoms with Crippen molar-refractivity contribution in [3.8, 4) is 0 Å². The van der Waals surface area contributed by atoms with Crippen molar-refractivity contribution < 1.29 is 9.53 Å². The number of esters is 1. The molecule has 0 aliphatic carbocycles. The maximum Gasteiger partial charge on any atom is 0.339 e. The zero-order valence-corrected chi connectivity index (χ0v) is 17.0. The van der Waals surface area contributed by atoms with Gasteiger partial charge in [-0.05, 0) is 43.3 Å². The van der Waals surface area contributed by atoms with Crippen LogP contribution in [0.4, 0.5) is 22.5 Å². The second-order valence-corrected chi connectivity index (χ2v) is 7.43. The largest absolute Gasteiger partial charge is 0.465 e. The first-order valence-electron chi connectivity index (χ1n) is 8.93. The van der Waals surface area contributed by atoms with E-state index in [1.54, 1.807) is 12.1 Å². The number of ether oxygens (including phenoxy) is 1. The lowest BCUT2D eigenvalue weighted by molar-refractivity contribution is 0.0600. The first-order valence-corrected chi connectivity index (χ1v) is 9.74. The third-order valence-electron chi connectivity index (χ3n) is 4.43. The Hall–Kier alpha value is -3.52. The second-order valence-electron chi connectivity index (χ2n) is 6.46. The number of carbonyl (C=O) groups is 1. The number of thiazole rings is 1. The molecular weight excluding hydrogens is 386 g/mol. The van der Waals surface area contributed by atoms with Gasteiger partial charge in [-0.3, -0.25) is 0 Å². The van der Waals surface area contributed by atoms with Crippen molar-refractivity contribution in [3.63, 3.8) is 0 Å². The second kappa shape index (κ2) is 7.84. The van der Waals surface area contributed by atoms with E-state index in [2.05, 4.69) is 51.2 Å². The van der Waals surface area contributed by atoms with Crippen LogP contribution >= 0.6 is 11.3 Å². The number of methoxy groups -OCH3 is 1. The van der Waals surface area contributed by atoms with Crippen molar-refractivity contribution in [2.75, 3.05) is 24.4 Å². The molecule has 0 bridgehead atoms. The van der Waals surface area contributed by atoms with E-state index < -0.39 is 5.97 Å². The Kier molecular flexibility index (Phi) is 5.09. The van der Waals surface area contributed by atoms with Crippen LogP contribution in [0.25, 0.3) is 10.3 Å². The van der Waals surface area contributed by atoms with Gasteiger partial charge < -0.3 is 15.0 Å². The summed E-state index contributed by atoms with van der Waals surface area (Å²) in [5, 5.41) is 3.84. The Bertz CT molecular complexity index is 1160. The van der Waals surface area contributed by atoms with E-state index in [1.165, 1.54) is 30.2 Å². The van der Waals surface area contributed by atoms with Crippen LogP contribution in [0.15, 0.2) is 54.7 Å². The highest BCUT2D eigenvalue weighted by Gasteiger charge is 2.11. The summed E-state index contributed by atoms with van der Waals surface area (Å²) in [7, 11) is 3.33. The van der Waals surface area contributed by atoms with Crippen LogP contribution in [0.2, 0.25) is 0 Å². The third kappa shape index (κ3) is 4.02. The fourth-order valence-corrected chi connectivity index (χ4v) is 3.60. The number of fused-ring (bicyclic) bond motifs is 1. The Morgan fingerprint density at radius 1 is 1.07 bits per heavy atom.